The summed E-state index contributed by atoms with van der Waals surface area (Å²) >= 11 is 0. The fraction of sp³-hybridized carbons (Fsp3) is 0.500. The first-order valence-corrected chi connectivity index (χ1v) is 7.48. The van der Waals surface area contributed by atoms with Crippen LogP contribution in [-0.4, -0.2) is 30.9 Å². The molecular formula is C16H25N3O2. The summed E-state index contributed by atoms with van der Waals surface area (Å²) < 4.78 is 0. The molecule has 1 unspecified atom stereocenters. The summed E-state index contributed by atoms with van der Waals surface area (Å²) in [6.07, 6.45) is 1.80. The lowest BCUT2D eigenvalue weighted by Crippen LogP contribution is -2.36. The van der Waals surface area contributed by atoms with Gasteiger partial charge in [-0.3, -0.25) is 9.59 Å². The van der Waals surface area contributed by atoms with Gasteiger partial charge in [0, 0.05) is 23.8 Å². The van der Waals surface area contributed by atoms with Gasteiger partial charge in [0.05, 0.1) is 6.54 Å². The van der Waals surface area contributed by atoms with Crippen molar-refractivity contribution in [2.24, 2.45) is 0 Å². The van der Waals surface area contributed by atoms with Crippen molar-refractivity contribution in [2.75, 3.05) is 18.4 Å². The van der Waals surface area contributed by atoms with Crippen molar-refractivity contribution in [1.29, 1.82) is 0 Å². The van der Waals surface area contributed by atoms with E-state index in [-0.39, 0.29) is 24.4 Å². The molecule has 3 N–H and O–H groups in total. The van der Waals surface area contributed by atoms with Crippen LogP contribution < -0.4 is 16.0 Å². The largest absolute Gasteiger partial charge is 0.376 e. The zero-order valence-corrected chi connectivity index (χ0v) is 13.0. The van der Waals surface area contributed by atoms with Gasteiger partial charge in [-0.1, -0.05) is 19.9 Å². The molecular weight excluding hydrogens is 266 g/mol. The van der Waals surface area contributed by atoms with E-state index in [9.17, 15) is 9.59 Å². The first-order chi connectivity index (χ1) is 10.1. The fourth-order valence-corrected chi connectivity index (χ4v) is 1.72. The standard InChI is InChI=1S/C16H25N3O2/c1-4-9-17-16(21)13-7-6-8-14(10-13)18-11-15(20)19-12(3)5-2/h6-8,10,12,18H,4-5,9,11H2,1-3H3,(H,17,21)(H,19,20). The second kappa shape index (κ2) is 9.00. The van der Waals surface area contributed by atoms with Gasteiger partial charge >= 0.3 is 0 Å². The van der Waals surface area contributed by atoms with Crippen LogP contribution in [0.1, 0.15) is 44.0 Å². The van der Waals surface area contributed by atoms with Crippen molar-refractivity contribution in [1.82, 2.24) is 10.6 Å². The van der Waals surface area contributed by atoms with Gasteiger partial charge in [-0.05, 0) is 38.0 Å². The molecule has 0 aliphatic carbocycles. The zero-order chi connectivity index (χ0) is 15.7. The lowest BCUT2D eigenvalue weighted by atomic mass is 10.2. The maximum Gasteiger partial charge on any atom is 0.251 e. The van der Waals surface area contributed by atoms with Crippen molar-refractivity contribution >= 4 is 17.5 Å². The summed E-state index contributed by atoms with van der Waals surface area (Å²) in [7, 11) is 0. The van der Waals surface area contributed by atoms with E-state index < -0.39 is 0 Å². The number of amides is 2. The van der Waals surface area contributed by atoms with E-state index in [4.69, 9.17) is 0 Å². The third-order valence-corrected chi connectivity index (χ3v) is 3.13. The van der Waals surface area contributed by atoms with Crippen LogP contribution in [0.2, 0.25) is 0 Å². The van der Waals surface area contributed by atoms with Gasteiger partial charge in [-0.25, -0.2) is 0 Å². The summed E-state index contributed by atoms with van der Waals surface area (Å²) in [6, 6.07) is 7.32. The average molecular weight is 291 g/mol. The first kappa shape index (κ1) is 17.0. The van der Waals surface area contributed by atoms with Crippen molar-refractivity contribution < 1.29 is 9.59 Å². The highest BCUT2D eigenvalue weighted by Crippen LogP contribution is 2.10. The molecule has 1 atom stereocenters. The summed E-state index contributed by atoms with van der Waals surface area (Å²) in [6.45, 7) is 6.86. The number of carbonyl (C=O) groups is 2. The van der Waals surface area contributed by atoms with Crippen LogP contribution in [0, 0.1) is 0 Å². The molecule has 0 aromatic heterocycles. The summed E-state index contributed by atoms with van der Waals surface area (Å²) in [5.41, 5.74) is 1.36. The third kappa shape index (κ3) is 6.29. The van der Waals surface area contributed by atoms with E-state index in [2.05, 4.69) is 16.0 Å². The first-order valence-electron chi connectivity index (χ1n) is 7.48. The predicted octanol–water partition coefficient (Wildman–Crippen LogP) is 2.15. The van der Waals surface area contributed by atoms with Crippen LogP contribution in [0.4, 0.5) is 5.69 Å². The van der Waals surface area contributed by atoms with Crippen molar-refractivity contribution in [3.05, 3.63) is 29.8 Å². The van der Waals surface area contributed by atoms with Crippen LogP contribution in [0.15, 0.2) is 24.3 Å². The number of carbonyl (C=O) groups excluding carboxylic acids is 2. The molecule has 21 heavy (non-hydrogen) atoms. The minimum absolute atomic E-state index is 0.0508. The SMILES string of the molecule is CCCNC(=O)c1cccc(NCC(=O)NC(C)CC)c1. The minimum Gasteiger partial charge on any atom is -0.376 e. The van der Waals surface area contributed by atoms with E-state index in [1.54, 1.807) is 18.2 Å². The molecule has 0 aliphatic rings. The molecule has 0 aliphatic heterocycles. The van der Waals surface area contributed by atoms with E-state index in [0.29, 0.717) is 12.1 Å². The van der Waals surface area contributed by atoms with Gasteiger partial charge in [0.25, 0.3) is 5.91 Å². The lowest BCUT2D eigenvalue weighted by molar-refractivity contribution is -0.120. The molecule has 2 amide bonds. The van der Waals surface area contributed by atoms with E-state index in [1.165, 1.54) is 0 Å². The Balaban J connectivity index is 2.53. The number of hydrogen-bond acceptors (Lipinski definition) is 3. The third-order valence-electron chi connectivity index (χ3n) is 3.13. The highest BCUT2D eigenvalue weighted by molar-refractivity contribution is 5.95. The van der Waals surface area contributed by atoms with E-state index >= 15 is 0 Å². The Hall–Kier alpha value is -2.04. The predicted molar refractivity (Wildman–Crippen MR) is 85.5 cm³/mol. The maximum absolute atomic E-state index is 11.9. The molecule has 0 radical (unpaired) electrons. The molecule has 0 bridgehead atoms. The van der Waals surface area contributed by atoms with Crippen LogP contribution in [-0.2, 0) is 4.79 Å². The molecule has 116 valence electrons. The van der Waals surface area contributed by atoms with E-state index in [0.717, 1.165) is 18.5 Å². The molecule has 5 heteroatoms. The van der Waals surface area contributed by atoms with Crippen LogP contribution in [0.5, 0.6) is 0 Å². The summed E-state index contributed by atoms with van der Waals surface area (Å²) in [5.74, 6) is -0.144. The number of nitrogens with one attached hydrogen (secondary N) is 3. The van der Waals surface area contributed by atoms with Gasteiger partial charge in [0.2, 0.25) is 5.91 Å². The highest BCUT2D eigenvalue weighted by Gasteiger charge is 2.07. The Labute approximate surface area is 126 Å². The average Bonchev–Trinajstić information content (AvgIpc) is 2.50. The normalized spacial score (nSPS) is 11.6. The molecule has 1 aromatic carbocycles. The molecule has 5 nitrogen and oxygen atoms in total. The lowest BCUT2D eigenvalue weighted by Gasteiger charge is -2.13. The highest BCUT2D eigenvalue weighted by atomic mass is 16.2. The van der Waals surface area contributed by atoms with Crippen molar-refractivity contribution in [3.63, 3.8) is 0 Å². The number of rotatable bonds is 8. The minimum atomic E-state index is -0.0930. The Kier molecular flexibility index (Phi) is 7.29. The molecule has 0 saturated carbocycles. The Morgan fingerprint density at radius 1 is 1.24 bits per heavy atom. The number of benzene rings is 1. The molecule has 0 fully saturated rings. The molecule has 0 spiro atoms. The Bertz CT molecular complexity index is 474. The van der Waals surface area contributed by atoms with Gasteiger partial charge < -0.3 is 16.0 Å². The molecule has 1 rings (SSSR count). The Morgan fingerprint density at radius 3 is 2.67 bits per heavy atom. The van der Waals surface area contributed by atoms with Gasteiger partial charge in [0.15, 0.2) is 0 Å². The smallest absolute Gasteiger partial charge is 0.251 e. The molecule has 0 saturated heterocycles. The zero-order valence-electron chi connectivity index (χ0n) is 13.0. The fourth-order valence-electron chi connectivity index (χ4n) is 1.72. The van der Waals surface area contributed by atoms with E-state index in [1.807, 2.05) is 26.8 Å². The Morgan fingerprint density at radius 2 is 2.00 bits per heavy atom. The second-order valence-corrected chi connectivity index (χ2v) is 5.07. The van der Waals surface area contributed by atoms with Crippen LogP contribution >= 0.6 is 0 Å². The number of anilines is 1. The quantitative estimate of drug-likeness (QED) is 0.687. The maximum atomic E-state index is 11.9. The molecule has 1 aromatic rings. The van der Waals surface area contributed by atoms with Crippen LogP contribution in [0.25, 0.3) is 0 Å². The summed E-state index contributed by atoms with van der Waals surface area (Å²) in [4.78, 5) is 23.6. The second-order valence-electron chi connectivity index (χ2n) is 5.07. The van der Waals surface area contributed by atoms with Crippen molar-refractivity contribution in [2.45, 2.75) is 39.7 Å². The summed E-state index contributed by atoms with van der Waals surface area (Å²) in [5, 5.41) is 8.75. The van der Waals surface area contributed by atoms with Gasteiger partial charge in [0.1, 0.15) is 0 Å². The molecule has 0 heterocycles. The monoisotopic (exact) mass is 291 g/mol. The van der Waals surface area contributed by atoms with Crippen LogP contribution in [0.3, 0.4) is 0 Å². The topological polar surface area (TPSA) is 70.2 Å². The van der Waals surface area contributed by atoms with Gasteiger partial charge in [-0.15, -0.1) is 0 Å². The number of hydrogen-bond donors (Lipinski definition) is 3. The van der Waals surface area contributed by atoms with Gasteiger partial charge in [-0.2, -0.15) is 0 Å². The van der Waals surface area contributed by atoms with Crippen molar-refractivity contribution in [3.8, 4) is 0 Å².